The Morgan fingerprint density at radius 1 is 1.11 bits per heavy atom. The summed E-state index contributed by atoms with van der Waals surface area (Å²) in [7, 11) is 3.27. The normalized spacial score (nSPS) is 23.2. The maximum atomic E-state index is 12.3. The van der Waals surface area contributed by atoms with E-state index < -0.39 is 16.7 Å². The molecule has 0 aliphatic carbocycles. The van der Waals surface area contributed by atoms with Crippen molar-refractivity contribution < 1.29 is 38.1 Å². The molecule has 0 amide bonds. The number of non-ortho nitro benzene ring substituents is 1. The molecule has 0 spiro atoms. The van der Waals surface area contributed by atoms with E-state index in [0.717, 1.165) is 35.4 Å². The summed E-state index contributed by atoms with van der Waals surface area (Å²) in [5.74, 6) is 0.455. The average molecular weight is 644 g/mol. The lowest BCUT2D eigenvalue weighted by atomic mass is 9.88. The Bertz CT molecular complexity index is 1390. The van der Waals surface area contributed by atoms with Gasteiger partial charge in [-0.25, -0.2) is 4.79 Å². The second-order valence-corrected chi connectivity index (χ2v) is 12.3. The van der Waals surface area contributed by atoms with Gasteiger partial charge in [-0.3, -0.25) is 10.1 Å². The Balaban J connectivity index is 1.28. The highest BCUT2D eigenvalue weighted by Crippen LogP contribution is 2.39. The number of esters is 1. The number of ether oxygens (including phenoxy) is 6. The van der Waals surface area contributed by atoms with Gasteiger partial charge in [0.15, 0.2) is 17.3 Å². The molecule has 2 aliphatic heterocycles. The topological polar surface area (TPSA) is 116 Å². The summed E-state index contributed by atoms with van der Waals surface area (Å²) in [4.78, 5) is 22.5. The van der Waals surface area contributed by atoms with E-state index >= 15 is 0 Å². The van der Waals surface area contributed by atoms with Crippen molar-refractivity contribution in [2.45, 2.75) is 77.0 Å². The smallest absolute Gasteiger partial charge is 0.338 e. The highest BCUT2D eigenvalue weighted by atomic mass is 35.5. The first-order valence-corrected chi connectivity index (χ1v) is 15.5. The molecule has 0 aromatic heterocycles. The van der Waals surface area contributed by atoms with Crippen molar-refractivity contribution in [1.82, 2.24) is 0 Å². The third-order valence-electron chi connectivity index (χ3n) is 7.98. The number of rotatable bonds is 14. The van der Waals surface area contributed by atoms with E-state index in [1.54, 1.807) is 14.2 Å². The van der Waals surface area contributed by atoms with E-state index in [1.165, 1.54) is 24.3 Å². The van der Waals surface area contributed by atoms with Crippen molar-refractivity contribution in [2.75, 3.05) is 27.4 Å². The Morgan fingerprint density at radius 3 is 2.49 bits per heavy atom. The molecule has 0 unspecified atom stereocenters. The van der Waals surface area contributed by atoms with Crippen LogP contribution in [0.2, 0.25) is 0 Å². The monoisotopic (exact) mass is 643 g/mol. The first kappa shape index (κ1) is 34.4. The fourth-order valence-electron chi connectivity index (χ4n) is 5.65. The lowest BCUT2D eigenvalue weighted by Crippen LogP contribution is -2.35. The number of nitro groups is 1. The van der Waals surface area contributed by atoms with Crippen LogP contribution in [0.25, 0.3) is 0 Å². The first-order valence-electron chi connectivity index (χ1n) is 15.1. The molecule has 2 aliphatic rings. The summed E-state index contributed by atoms with van der Waals surface area (Å²) in [5.41, 5.74) is 2.19. The van der Waals surface area contributed by atoms with Crippen LogP contribution in [0.15, 0.2) is 65.2 Å². The Kier molecular flexibility index (Phi) is 12.0. The van der Waals surface area contributed by atoms with Crippen LogP contribution < -0.4 is 9.47 Å². The molecule has 10 nitrogen and oxygen atoms in total. The maximum absolute atomic E-state index is 12.3. The zero-order valence-corrected chi connectivity index (χ0v) is 27.2. The maximum Gasteiger partial charge on any atom is 0.338 e. The summed E-state index contributed by atoms with van der Waals surface area (Å²) >= 11 is 6.59. The number of carbonyl (C=O) groups excluding carboxylic acids is 1. The van der Waals surface area contributed by atoms with E-state index in [-0.39, 0.29) is 42.1 Å². The average Bonchev–Trinajstić information content (AvgIpc) is 3.60. The van der Waals surface area contributed by atoms with Crippen LogP contribution in [-0.4, -0.2) is 62.4 Å². The molecule has 2 aromatic rings. The second-order valence-electron chi connectivity index (χ2n) is 11.8. The minimum absolute atomic E-state index is 0.0331. The molecular weight excluding hydrogens is 602 g/mol. The zero-order chi connectivity index (χ0) is 32.6. The minimum atomic E-state index is -0.638. The standard InChI is InChI=1S/C34H42ClNO9/c1-22(20-42-33(37)24-10-13-27(14-11-24)36(38)39)7-6-8-26(35)12-15-28-19-25(32(44-28)31-21-43-34(2,3)45-31)17-23-9-16-29(40-4)30(18-23)41-5/h7-11,13-14,16,18,25,28,31-32H,6,12,15,17,19-21H2,1-5H3/b22-7+,26-8-/t25-,28-,31-,32+/m1/s1. The molecule has 0 N–H and O–H groups in total. The second kappa shape index (κ2) is 15.7. The Morgan fingerprint density at radius 2 is 1.84 bits per heavy atom. The Hall–Kier alpha value is -3.44. The number of hydrogen-bond donors (Lipinski definition) is 0. The molecule has 2 saturated heterocycles. The van der Waals surface area contributed by atoms with Crippen molar-refractivity contribution >= 4 is 23.3 Å². The fourth-order valence-corrected chi connectivity index (χ4v) is 5.85. The predicted octanol–water partition coefficient (Wildman–Crippen LogP) is 7.18. The zero-order valence-electron chi connectivity index (χ0n) is 26.5. The summed E-state index contributed by atoms with van der Waals surface area (Å²) in [6, 6.07) is 11.3. The van der Waals surface area contributed by atoms with Crippen LogP contribution in [0, 0.1) is 16.0 Å². The molecule has 244 valence electrons. The van der Waals surface area contributed by atoms with Gasteiger partial charge in [0.05, 0.1) is 43.5 Å². The third-order valence-corrected chi connectivity index (χ3v) is 8.32. The molecule has 2 fully saturated rings. The molecule has 4 atom stereocenters. The third kappa shape index (κ3) is 9.77. The fraction of sp³-hybridized carbons (Fsp3) is 0.500. The summed E-state index contributed by atoms with van der Waals surface area (Å²) < 4.78 is 34.9. The van der Waals surface area contributed by atoms with Gasteiger partial charge in [-0.2, -0.15) is 0 Å². The van der Waals surface area contributed by atoms with Crippen molar-refractivity contribution in [2.24, 2.45) is 5.92 Å². The van der Waals surface area contributed by atoms with Crippen LogP contribution in [0.3, 0.4) is 0 Å². The van der Waals surface area contributed by atoms with Crippen LogP contribution in [0.1, 0.15) is 62.4 Å². The van der Waals surface area contributed by atoms with Gasteiger partial charge >= 0.3 is 5.97 Å². The number of nitrogens with zero attached hydrogens (tertiary/aromatic N) is 1. The SMILES string of the molecule is COc1ccc(C[C@@H]2C[C@@H](CC/C(Cl)=C/C/C=C(\C)COC(=O)c3ccc([N+](=O)[O-])cc3)O[C@@H]2[C@H]2COC(C)(C)O2)cc1OC. The number of benzene rings is 2. The van der Waals surface area contributed by atoms with Gasteiger partial charge in [0.25, 0.3) is 5.69 Å². The van der Waals surface area contributed by atoms with Gasteiger partial charge in [-0.1, -0.05) is 29.8 Å². The van der Waals surface area contributed by atoms with Crippen molar-refractivity contribution in [3.8, 4) is 11.5 Å². The highest BCUT2D eigenvalue weighted by molar-refractivity contribution is 6.29. The molecule has 0 saturated carbocycles. The number of carbonyl (C=O) groups is 1. The number of methoxy groups -OCH3 is 2. The lowest BCUT2D eigenvalue weighted by molar-refractivity contribution is -0.384. The summed E-state index contributed by atoms with van der Waals surface area (Å²) in [6.07, 6.45) is 7.42. The van der Waals surface area contributed by atoms with Gasteiger partial charge in [0, 0.05) is 17.2 Å². The number of allylic oxidation sites excluding steroid dienone is 3. The van der Waals surface area contributed by atoms with Crippen LogP contribution in [0.5, 0.6) is 11.5 Å². The summed E-state index contributed by atoms with van der Waals surface area (Å²) in [6.45, 7) is 6.32. The number of nitro benzene ring substituents is 1. The van der Waals surface area contributed by atoms with Crippen molar-refractivity contribution in [3.05, 3.63) is 86.5 Å². The van der Waals surface area contributed by atoms with Crippen LogP contribution in [-0.2, 0) is 25.4 Å². The van der Waals surface area contributed by atoms with Gasteiger partial charge in [-0.15, -0.1) is 0 Å². The Labute approximate surface area is 269 Å². The number of halogens is 1. The molecule has 2 heterocycles. The molecule has 11 heteroatoms. The van der Waals surface area contributed by atoms with Crippen LogP contribution in [0.4, 0.5) is 5.69 Å². The highest BCUT2D eigenvalue weighted by Gasteiger charge is 2.46. The van der Waals surface area contributed by atoms with E-state index in [9.17, 15) is 14.9 Å². The quantitative estimate of drug-likeness (QED) is 0.0914. The van der Waals surface area contributed by atoms with Crippen molar-refractivity contribution in [3.63, 3.8) is 0 Å². The lowest BCUT2D eigenvalue weighted by Gasteiger charge is -2.25. The van der Waals surface area contributed by atoms with E-state index in [0.29, 0.717) is 30.9 Å². The summed E-state index contributed by atoms with van der Waals surface area (Å²) in [5, 5.41) is 11.5. The van der Waals surface area contributed by atoms with Gasteiger partial charge in [0.1, 0.15) is 12.7 Å². The molecule has 4 rings (SSSR count). The van der Waals surface area contributed by atoms with Crippen LogP contribution >= 0.6 is 11.6 Å². The van der Waals surface area contributed by atoms with E-state index in [2.05, 4.69) is 6.07 Å². The first-order chi connectivity index (χ1) is 21.5. The molecule has 0 bridgehead atoms. The van der Waals surface area contributed by atoms with Gasteiger partial charge in [0.2, 0.25) is 0 Å². The van der Waals surface area contributed by atoms with Gasteiger partial charge in [-0.05, 0) is 94.2 Å². The molecular formula is C34H42ClNO9. The number of hydrogen-bond acceptors (Lipinski definition) is 9. The minimum Gasteiger partial charge on any atom is -0.493 e. The predicted molar refractivity (Wildman–Crippen MR) is 170 cm³/mol. The van der Waals surface area contributed by atoms with Crippen molar-refractivity contribution in [1.29, 1.82) is 0 Å². The largest absolute Gasteiger partial charge is 0.493 e. The van der Waals surface area contributed by atoms with Gasteiger partial charge < -0.3 is 28.4 Å². The van der Waals surface area contributed by atoms with E-state index in [4.69, 9.17) is 40.0 Å². The van der Waals surface area contributed by atoms with E-state index in [1.807, 2.05) is 45.1 Å². The molecule has 2 aromatic carbocycles. The molecule has 0 radical (unpaired) electrons. The molecule has 45 heavy (non-hydrogen) atoms.